The highest BCUT2D eigenvalue weighted by molar-refractivity contribution is 5.91. The molecule has 0 aliphatic heterocycles. The molecule has 160 valence electrons. The van der Waals surface area contributed by atoms with Crippen LogP contribution in [0.25, 0.3) is 33.3 Å². The van der Waals surface area contributed by atoms with E-state index in [2.05, 4.69) is 27.2 Å². The summed E-state index contributed by atoms with van der Waals surface area (Å²) in [6.45, 7) is 0.282. The summed E-state index contributed by atoms with van der Waals surface area (Å²) in [7, 11) is 5.54. The number of imidazole rings is 1. The van der Waals surface area contributed by atoms with Gasteiger partial charge in [0.2, 0.25) is 11.4 Å². The van der Waals surface area contributed by atoms with Crippen LogP contribution in [0.3, 0.4) is 0 Å². The molecule has 0 aliphatic carbocycles. The molecule has 8 heteroatoms. The van der Waals surface area contributed by atoms with E-state index in [1.54, 1.807) is 24.0 Å². The minimum atomic E-state index is -0.0641. The molecule has 0 unspecified atom stereocenters. The van der Waals surface area contributed by atoms with Gasteiger partial charge < -0.3 is 13.9 Å². The molecule has 0 radical (unpaired) electrons. The highest BCUT2D eigenvalue weighted by atomic mass is 16.5. The van der Waals surface area contributed by atoms with Crippen LogP contribution in [0, 0.1) is 0 Å². The van der Waals surface area contributed by atoms with Crippen molar-refractivity contribution in [1.82, 2.24) is 28.9 Å². The third kappa shape index (κ3) is 3.56. The van der Waals surface area contributed by atoms with Crippen molar-refractivity contribution in [3.8, 4) is 28.1 Å². The van der Waals surface area contributed by atoms with E-state index in [1.807, 2.05) is 55.6 Å². The summed E-state index contributed by atoms with van der Waals surface area (Å²) in [5.74, 6) is 0.496. The molecular formula is C24H22N6O2. The van der Waals surface area contributed by atoms with E-state index in [1.165, 1.54) is 10.6 Å². The van der Waals surface area contributed by atoms with Gasteiger partial charge >= 0.3 is 0 Å². The smallest absolute Gasteiger partial charge is 0.250 e. The first kappa shape index (κ1) is 19.7. The van der Waals surface area contributed by atoms with Gasteiger partial charge in [-0.05, 0) is 18.2 Å². The molecule has 0 amide bonds. The fraction of sp³-hybridized carbons (Fsp3) is 0.167. The Morgan fingerprint density at radius 3 is 2.50 bits per heavy atom. The number of pyridine rings is 2. The number of benzene rings is 1. The molecule has 8 nitrogen and oxygen atoms in total. The molecule has 0 atom stereocenters. The maximum atomic E-state index is 11.7. The van der Waals surface area contributed by atoms with Crippen LogP contribution in [0.2, 0.25) is 0 Å². The van der Waals surface area contributed by atoms with Crippen LogP contribution in [-0.2, 0) is 27.7 Å². The predicted octanol–water partition coefficient (Wildman–Crippen LogP) is 3.31. The zero-order valence-corrected chi connectivity index (χ0v) is 18.1. The largest absolute Gasteiger partial charge is 0.470 e. The zero-order valence-electron chi connectivity index (χ0n) is 18.1. The van der Waals surface area contributed by atoms with Gasteiger partial charge in [-0.3, -0.25) is 14.5 Å². The molecule has 4 aromatic heterocycles. The van der Waals surface area contributed by atoms with Crippen molar-refractivity contribution in [3.05, 3.63) is 83.4 Å². The molecule has 0 saturated heterocycles. The van der Waals surface area contributed by atoms with E-state index in [0.717, 1.165) is 39.0 Å². The van der Waals surface area contributed by atoms with Gasteiger partial charge in [0.1, 0.15) is 6.61 Å². The van der Waals surface area contributed by atoms with Crippen LogP contribution in [0.1, 0.15) is 5.69 Å². The zero-order chi connectivity index (χ0) is 22.2. The second kappa shape index (κ2) is 7.81. The summed E-state index contributed by atoms with van der Waals surface area (Å²) < 4.78 is 11.2. The Balaban J connectivity index is 1.37. The Kier molecular flexibility index (Phi) is 4.82. The van der Waals surface area contributed by atoms with Crippen LogP contribution in [0.5, 0.6) is 5.88 Å². The maximum Gasteiger partial charge on any atom is 0.250 e. The van der Waals surface area contributed by atoms with E-state index < -0.39 is 0 Å². The summed E-state index contributed by atoms with van der Waals surface area (Å²) >= 11 is 0. The third-order valence-electron chi connectivity index (χ3n) is 5.44. The Morgan fingerprint density at radius 1 is 0.875 bits per heavy atom. The van der Waals surface area contributed by atoms with E-state index in [0.29, 0.717) is 5.88 Å². The van der Waals surface area contributed by atoms with Gasteiger partial charge in [-0.2, -0.15) is 0 Å². The van der Waals surface area contributed by atoms with Crippen molar-refractivity contribution in [2.24, 2.45) is 21.1 Å². The number of fused-ring (bicyclic) bond motifs is 1. The van der Waals surface area contributed by atoms with Gasteiger partial charge in [0.05, 0.1) is 28.6 Å². The van der Waals surface area contributed by atoms with Crippen molar-refractivity contribution in [1.29, 1.82) is 0 Å². The van der Waals surface area contributed by atoms with E-state index in [-0.39, 0.29) is 12.2 Å². The number of para-hydroxylation sites is 1. The fourth-order valence-corrected chi connectivity index (χ4v) is 3.73. The molecule has 1 aromatic carbocycles. The summed E-state index contributed by atoms with van der Waals surface area (Å²) in [6.07, 6.45) is 7.31. The van der Waals surface area contributed by atoms with Gasteiger partial charge in [-0.1, -0.05) is 18.2 Å². The molecule has 0 saturated carbocycles. The van der Waals surface area contributed by atoms with Gasteiger partial charge in [-0.15, -0.1) is 5.10 Å². The lowest BCUT2D eigenvalue weighted by Gasteiger charge is -2.08. The molecule has 0 bridgehead atoms. The topological polar surface area (TPSA) is 79.8 Å². The molecule has 32 heavy (non-hydrogen) atoms. The number of hydrogen-bond donors (Lipinski definition) is 0. The van der Waals surface area contributed by atoms with Gasteiger partial charge in [-0.25, -0.2) is 4.98 Å². The lowest BCUT2D eigenvalue weighted by molar-refractivity contribution is 0.287. The standard InChI is InChI=1S/C24H22N6O2/c1-28-12-17(8-10-22(28)31)20-13-30(3)27-24(20)32-14-18-9-7-16(11-25-18)19-5-4-6-21-23(19)26-15-29(21)2/h4-13,15H,14H2,1-3H3. The maximum absolute atomic E-state index is 11.7. The molecule has 0 aliphatic rings. The van der Waals surface area contributed by atoms with Crippen molar-refractivity contribution in [2.45, 2.75) is 6.61 Å². The lowest BCUT2D eigenvalue weighted by atomic mass is 10.1. The minimum Gasteiger partial charge on any atom is -0.470 e. The van der Waals surface area contributed by atoms with E-state index >= 15 is 0 Å². The third-order valence-corrected chi connectivity index (χ3v) is 5.44. The molecule has 0 fully saturated rings. The molecule has 0 N–H and O–H groups in total. The number of hydrogen-bond acceptors (Lipinski definition) is 5. The average Bonchev–Trinajstić information content (AvgIpc) is 3.37. The van der Waals surface area contributed by atoms with Gasteiger partial charge in [0.15, 0.2) is 0 Å². The first-order chi connectivity index (χ1) is 15.5. The fourth-order valence-electron chi connectivity index (χ4n) is 3.73. The molecule has 4 heterocycles. The van der Waals surface area contributed by atoms with Crippen LogP contribution in [0.15, 0.2) is 72.2 Å². The first-order valence-electron chi connectivity index (χ1n) is 10.2. The van der Waals surface area contributed by atoms with Crippen molar-refractivity contribution < 1.29 is 4.74 Å². The molecule has 5 rings (SSSR count). The van der Waals surface area contributed by atoms with Gasteiger partial charge in [0, 0.05) is 62.5 Å². The van der Waals surface area contributed by atoms with Crippen molar-refractivity contribution >= 4 is 11.0 Å². The van der Waals surface area contributed by atoms with Crippen molar-refractivity contribution in [3.63, 3.8) is 0 Å². The second-order valence-corrected chi connectivity index (χ2v) is 7.74. The molecule has 0 spiro atoms. The number of aromatic nitrogens is 6. The summed E-state index contributed by atoms with van der Waals surface area (Å²) in [6, 6.07) is 13.4. The predicted molar refractivity (Wildman–Crippen MR) is 122 cm³/mol. The van der Waals surface area contributed by atoms with Crippen LogP contribution in [-0.4, -0.2) is 28.9 Å². The van der Waals surface area contributed by atoms with Gasteiger partial charge in [0.25, 0.3) is 0 Å². The highest BCUT2D eigenvalue weighted by Gasteiger charge is 2.13. The van der Waals surface area contributed by atoms with Crippen LogP contribution < -0.4 is 10.3 Å². The number of rotatable bonds is 5. The quantitative estimate of drug-likeness (QED) is 0.431. The first-order valence-corrected chi connectivity index (χ1v) is 10.2. The average molecular weight is 426 g/mol. The Morgan fingerprint density at radius 2 is 1.72 bits per heavy atom. The Labute approximate surface area is 184 Å². The Bertz CT molecular complexity index is 1480. The number of nitrogens with zero attached hydrogens (tertiary/aromatic N) is 6. The monoisotopic (exact) mass is 426 g/mol. The molecular weight excluding hydrogens is 404 g/mol. The van der Waals surface area contributed by atoms with Crippen LogP contribution in [0.4, 0.5) is 0 Å². The lowest BCUT2D eigenvalue weighted by Crippen LogP contribution is -2.13. The Hall–Kier alpha value is -4.20. The van der Waals surface area contributed by atoms with Crippen LogP contribution >= 0.6 is 0 Å². The normalized spacial score (nSPS) is 11.2. The summed E-state index contributed by atoms with van der Waals surface area (Å²) in [5.41, 5.74) is 6.49. The number of aryl methyl sites for hydroxylation is 3. The summed E-state index contributed by atoms with van der Waals surface area (Å²) in [4.78, 5) is 20.8. The van der Waals surface area contributed by atoms with E-state index in [4.69, 9.17) is 4.74 Å². The van der Waals surface area contributed by atoms with Crippen molar-refractivity contribution in [2.75, 3.05) is 0 Å². The SMILES string of the molecule is Cn1cc(-c2ccc(=O)n(C)c2)c(OCc2ccc(-c3cccc4c3ncn4C)cn2)n1. The highest BCUT2D eigenvalue weighted by Crippen LogP contribution is 2.29. The summed E-state index contributed by atoms with van der Waals surface area (Å²) in [5, 5.41) is 4.42. The molecule has 5 aromatic rings. The van der Waals surface area contributed by atoms with E-state index in [9.17, 15) is 4.79 Å². The second-order valence-electron chi connectivity index (χ2n) is 7.74. The minimum absolute atomic E-state index is 0.0641. The number of ether oxygens (including phenoxy) is 1.